The van der Waals surface area contributed by atoms with Gasteiger partial charge in [0.2, 0.25) is 0 Å². The van der Waals surface area contributed by atoms with Crippen molar-refractivity contribution in [1.29, 1.82) is 0 Å². The monoisotopic (exact) mass is 174 g/mol. The van der Waals surface area contributed by atoms with Gasteiger partial charge in [-0.1, -0.05) is 55.6 Å². The fraction of sp³-hybridized carbons (Fsp3) is 0. The van der Waals surface area contributed by atoms with E-state index < -0.39 is 0 Å². The molecule has 13 heavy (non-hydrogen) atoms. The molecular formula is C12H14O. The quantitative estimate of drug-likeness (QED) is 0.536. The SMILES string of the molecule is C=C/C=C/O.C=Cc1ccccc1. The number of aliphatic hydroxyl groups is 1. The van der Waals surface area contributed by atoms with Gasteiger partial charge in [0.05, 0.1) is 6.26 Å². The molecular weight excluding hydrogens is 160 g/mol. The van der Waals surface area contributed by atoms with E-state index in [1.54, 1.807) is 0 Å². The normalized spacial score (nSPS) is 8.62. The highest BCUT2D eigenvalue weighted by Crippen LogP contribution is 1.97. The second-order valence-electron chi connectivity index (χ2n) is 2.19. The minimum absolute atomic E-state index is 0.938. The summed E-state index contributed by atoms with van der Waals surface area (Å²) in [6.07, 6.45) is 5.72. The maximum atomic E-state index is 7.81. The number of benzene rings is 1. The van der Waals surface area contributed by atoms with E-state index in [9.17, 15) is 0 Å². The molecule has 1 aromatic carbocycles. The van der Waals surface area contributed by atoms with Crippen molar-refractivity contribution in [3.63, 3.8) is 0 Å². The Morgan fingerprint density at radius 2 is 1.69 bits per heavy atom. The maximum Gasteiger partial charge on any atom is 0.0791 e. The molecule has 0 aromatic heterocycles. The summed E-state index contributed by atoms with van der Waals surface area (Å²) in [5.41, 5.74) is 1.17. The third kappa shape index (κ3) is 6.63. The molecule has 1 heteroatoms. The van der Waals surface area contributed by atoms with Crippen LogP contribution in [0.2, 0.25) is 0 Å². The summed E-state index contributed by atoms with van der Waals surface area (Å²) in [6.45, 7) is 6.93. The first-order chi connectivity index (χ1) is 6.35. The predicted octanol–water partition coefficient (Wildman–Crippen LogP) is 3.57. The van der Waals surface area contributed by atoms with Crippen LogP contribution in [0.1, 0.15) is 5.56 Å². The van der Waals surface area contributed by atoms with Crippen molar-refractivity contribution in [2.75, 3.05) is 0 Å². The Hall–Kier alpha value is -1.76. The van der Waals surface area contributed by atoms with Crippen molar-refractivity contribution >= 4 is 6.08 Å². The molecule has 0 saturated carbocycles. The molecule has 0 spiro atoms. The molecule has 0 heterocycles. The highest BCUT2D eigenvalue weighted by Gasteiger charge is 1.75. The molecule has 0 aliphatic rings. The van der Waals surface area contributed by atoms with Gasteiger partial charge in [-0.3, -0.25) is 0 Å². The lowest BCUT2D eigenvalue weighted by molar-refractivity contribution is 0.474. The summed E-state index contributed by atoms with van der Waals surface area (Å²) in [6, 6.07) is 10.0. The molecule has 0 atom stereocenters. The molecule has 0 radical (unpaired) electrons. The predicted molar refractivity (Wildman–Crippen MR) is 58.5 cm³/mol. The minimum atomic E-state index is 0.938. The molecule has 1 aromatic rings. The van der Waals surface area contributed by atoms with E-state index >= 15 is 0 Å². The summed E-state index contributed by atoms with van der Waals surface area (Å²) in [5.74, 6) is 0. The molecule has 0 aliphatic carbocycles. The lowest BCUT2D eigenvalue weighted by atomic mass is 10.2. The average molecular weight is 174 g/mol. The second-order valence-corrected chi connectivity index (χ2v) is 2.19. The molecule has 0 amide bonds. The Kier molecular flexibility index (Phi) is 7.21. The molecule has 0 fully saturated rings. The summed E-state index contributed by atoms with van der Waals surface area (Å²) >= 11 is 0. The van der Waals surface area contributed by atoms with Crippen LogP contribution in [0.4, 0.5) is 0 Å². The van der Waals surface area contributed by atoms with Crippen molar-refractivity contribution in [3.8, 4) is 0 Å². The number of aliphatic hydroxyl groups excluding tert-OH is 1. The Balaban J connectivity index is 0.000000252. The zero-order chi connectivity index (χ0) is 9.94. The van der Waals surface area contributed by atoms with E-state index in [0.717, 1.165) is 6.26 Å². The van der Waals surface area contributed by atoms with Crippen LogP contribution in [0.3, 0.4) is 0 Å². The van der Waals surface area contributed by atoms with Crippen molar-refractivity contribution in [2.45, 2.75) is 0 Å². The van der Waals surface area contributed by atoms with E-state index in [-0.39, 0.29) is 0 Å². The summed E-state index contributed by atoms with van der Waals surface area (Å²) in [7, 11) is 0. The van der Waals surface area contributed by atoms with Crippen LogP contribution in [0.15, 0.2) is 61.9 Å². The Labute approximate surface area is 79.4 Å². The average Bonchev–Trinajstić information content (AvgIpc) is 2.21. The van der Waals surface area contributed by atoms with Gasteiger partial charge in [-0.15, -0.1) is 0 Å². The Morgan fingerprint density at radius 1 is 1.08 bits per heavy atom. The standard InChI is InChI=1S/C8H8.C4H6O/c1-2-8-6-4-3-5-7-8;1-2-3-4-5/h2-7H,1H2;2-5H,1H2/b;4-3+. The van der Waals surface area contributed by atoms with Crippen LogP contribution < -0.4 is 0 Å². The van der Waals surface area contributed by atoms with Gasteiger partial charge in [-0.2, -0.15) is 0 Å². The van der Waals surface area contributed by atoms with Gasteiger partial charge >= 0.3 is 0 Å². The Morgan fingerprint density at radius 3 is 1.92 bits per heavy atom. The maximum absolute atomic E-state index is 7.81. The molecule has 0 unspecified atom stereocenters. The van der Waals surface area contributed by atoms with Gasteiger partial charge in [0.15, 0.2) is 0 Å². The first kappa shape index (κ1) is 11.2. The van der Waals surface area contributed by atoms with E-state index in [0.29, 0.717) is 0 Å². The summed E-state index contributed by atoms with van der Waals surface area (Å²) < 4.78 is 0. The third-order valence-electron chi connectivity index (χ3n) is 1.26. The smallest absolute Gasteiger partial charge is 0.0791 e. The topological polar surface area (TPSA) is 20.2 Å². The molecule has 1 N–H and O–H groups in total. The van der Waals surface area contributed by atoms with Gasteiger partial charge < -0.3 is 5.11 Å². The number of hydrogen-bond donors (Lipinski definition) is 1. The van der Waals surface area contributed by atoms with E-state index in [2.05, 4.69) is 13.2 Å². The fourth-order valence-electron chi connectivity index (χ4n) is 0.650. The van der Waals surface area contributed by atoms with Crippen LogP contribution in [0, 0.1) is 0 Å². The molecule has 1 rings (SSSR count). The minimum Gasteiger partial charge on any atom is -0.516 e. The van der Waals surface area contributed by atoms with Crippen molar-refractivity contribution in [2.24, 2.45) is 0 Å². The zero-order valence-electron chi connectivity index (χ0n) is 7.56. The largest absolute Gasteiger partial charge is 0.516 e. The van der Waals surface area contributed by atoms with Crippen LogP contribution >= 0.6 is 0 Å². The molecule has 1 nitrogen and oxygen atoms in total. The number of rotatable bonds is 2. The highest BCUT2D eigenvalue weighted by atomic mass is 16.2. The molecule has 68 valence electrons. The van der Waals surface area contributed by atoms with Crippen LogP contribution in [-0.2, 0) is 0 Å². The van der Waals surface area contributed by atoms with Crippen LogP contribution in [0.25, 0.3) is 6.08 Å². The van der Waals surface area contributed by atoms with Gasteiger partial charge in [0, 0.05) is 0 Å². The van der Waals surface area contributed by atoms with Crippen molar-refractivity contribution in [1.82, 2.24) is 0 Å². The van der Waals surface area contributed by atoms with E-state index in [1.165, 1.54) is 17.7 Å². The van der Waals surface area contributed by atoms with Crippen molar-refractivity contribution in [3.05, 3.63) is 67.5 Å². The van der Waals surface area contributed by atoms with Gasteiger partial charge in [0.1, 0.15) is 0 Å². The molecule has 0 saturated heterocycles. The van der Waals surface area contributed by atoms with Gasteiger partial charge in [-0.05, 0) is 11.6 Å². The molecule has 0 aliphatic heterocycles. The number of hydrogen-bond acceptors (Lipinski definition) is 1. The van der Waals surface area contributed by atoms with Crippen molar-refractivity contribution < 1.29 is 5.11 Å². The second kappa shape index (κ2) is 8.34. The Bertz CT molecular complexity index is 260. The third-order valence-corrected chi connectivity index (χ3v) is 1.26. The van der Waals surface area contributed by atoms with E-state index in [4.69, 9.17) is 5.11 Å². The van der Waals surface area contributed by atoms with Crippen LogP contribution in [0.5, 0.6) is 0 Å². The first-order valence-electron chi connectivity index (χ1n) is 3.94. The lowest BCUT2D eigenvalue weighted by Gasteiger charge is -1.85. The lowest BCUT2D eigenvalue weighted by Crippen LogP contribution is -1.63. The van der Waals surface area contributed by atoms with E-state index in [1.807, 2.05) is 36.4 Å². The zero-order valence-corrected chi connectivity index (χ0v) is 7.56. The summed E-state index contributed by atoms with van der Waals surface area (Å²) in [4.78, 5) is 0. The molecule has 0 bridgehead atoms. The van der Waals surface area contributed by atoms with Crippen LogP contribution in [-0.4, -0.2) is 5.11 Å². The fourth-order valence-corrected chi connectivity index (χ4v) is 0.650. The number of allylic oxidation sites excluding steroid dienone is 2. The van der Waals surface area contributed by atoms with Gasteiger partial charge in [-0.25, -0.2) is 0 Å². The summed E-state index contributed by atoms with van der Waals surface area (Å²) in [5, 5.41) is 7.81. The van der Waals surface area contributed by atoms with Gasteiger partial charge in [0.25, 0.3) is 0 Å². The first-order valence-corrected chi connectivity index (χ1v) is 3.94. The highest BCUT2D eigenvalue weighted by molar-refractivity contribution is 5.45.